The SMILES string of the molecule is Cc1csc(C(=O)O)c1N1C(=O)C2CC(C)CC2C1=O. The van der Waals surface area contributed by atoms with Crippen LogP contribution in [-0.2, 0) is 9.59 Å². The number of carboxylic acids is 1. The molecular weight excluding hydrogens is 278 g/mol. The van der Waals surface area contributed by atoms with Crippen molar-refractivity contribution in [2.45, 2.75) is 26.7 Å². The molecule has 2 atom stereocenters. The number of fused-ring (bicyclic) bond motifs is 1. The van der Waals surface area contributed by atoms with Gasteiger partial charge in [-0.3, -0.25) is 9.59 Å². The Kier molecular flexibility index (Phi) is 2.93. The molecule has 0 aromatic carbocycles. The van der Waals surface area contributed by atoms with E-state index in [-0.39, 0.29) is 34.2 Å². The van der Waals surface area contributed by atoms with Gasteiger partial charge in [0, 0.05) is 0 Å². The van der Waals surface area contributed by atoms with Crippen molar-refractivity contribution in [1.29, 1.82) is 0 Å². The highest BCUT2D eigenvalue weighted by atomic mass is 32.1. The van der Waals surface area contributed by atoms with Crippen molar-refractivity contribution in [2.24, 2.45) is 17.8 Å². The Morgan fingerprint density at radius 3 is 2.35 bits per heavy atom. The molecule has 1 N–H and O–H groups in total. The zero-order valence-corrected chi connectivity index (χ0v) is 12.1. The van der Waals surface area contributed by atoms with Crippen LogP contribution in [0.1, 0.15) is 35.0 Å². The molecule has 106 valence electrons. The summed E-state index contributed by atoms with van der Waals surface area (Å²) in [5.41, 5.74) is 0.946. The monoisotopic (exact) mass is 293 g/mol. The first-order chi connectivity index (χ1) is 9.41. The third-order valence-corrected chi connectivity index (χ3v) is 5.31. The lowest BCUT2D eigenvalue weighted by Gasteiger charge is -2.17. The number of rotatable bonds is 2. The second kappa shape index (κ2) is 4.41. The first kappa shape index (κ1) is 13.3. The highest BCUT2D eigenvalue weighted by Gasteiger charge is 2.53. The van der Waals surface area contributed by atoms with Gasteiger partial charge in [0.15, 0.2) is 0 Å². The van der Waals surface area contributed by atoms with Gasteiger partial charge in [0.2, 0.25) is 11.8 Å². The minimum atomic E-state index is -1.09. The summed E-state index contributed by atoms with van der Waals surface area (Å²) in [6.07, 6.45) is 1.44. The summed E-state index contributed by atoms with van der Waals surface area (Å²) in [5.74, 6) is -1.70. The van der Waals surface area contributed by atoms with Crippen molar-refractivity contribution in [2.75, 3.05) is 4.90 Å². The normalized spacial score (nSPS) is 29.1. The second-order valence-corrected chi connectivity index (χ2v) is 6.58. The number of carboxylic acid groups (broad SMARTS) is 1. The fraction of sp³-hybridized carbons (Fsp3) is 0.500. The Bertz CT molecular complexity index is 597. The lowest BCUT2D eigenvalue weighted by atomic mass is 10.00. The summed E-state index contributed by atoms with van der Waals surface area (Å²) in [4.78, 5) is 37.4. The first-order valence-electron chi connectivity index (χ1n) is 6.61. The lowest BCUT2D eigenvalue weighted by Crippen LogP contribution is -2.33. The van der Waals surface area contributed by atoms with Crippen molar-refractivity contribution < 1.29 is 19.5 Å². The van der Waals surface area contributed by atoms with Crippen molar-refractivity contribution in [3.8, 4) is 0 Å². The number of nitrogens with zero attached hydrogens (tertiary/aromatic N) is 1. The maximum Gasteiger partial charge on any atom is 0.348 e. The van der Waals surface area contributed by atoms with Gasteiger partial charge in [0.25, 0.3) is 0 Å². The number of anilines is 1. The minimum Gasteiger partial charge on any atom is -0.477 e. The summed E-state index contributed by atoms with van der Waals surface area (Å²) in [6.45, 7) is 3.78. The Morgan fingerprint density at radius 1 is 1.30 bits per heavy atom. The van der Waals surface area contributed by atoms with Crippen LogP contribution in [0.5, 0.6) is 0 Å². The predicted octanol–water partition coefficient (Wildman–Crippen LogP) is 2.29. The van der Waals surface area contributed by atoms with Crippen LogP contribution in [-0.4, -0.2) is 22.9 Å². The van der Waals surface area contributed by atoms with Crippen LogP contribution in [0.2, 0.25) is 0 Å². The third-order valence-electron chi connectivity index (χ3n) is 4.23. The van der Waals surface area contributed by atoms with E-state index in [1.54, 1.807) is 12.3 Å². The second-order valence-electron chi connectivity index (χ2n) is 5.70. The van der Waals surface area contributed by atoms with Crippen molar-refractivity contribution in [1.82, 2.24) is 0 Å². The summed E-state index contributed by atoms with van der Waals surface area (Å²) in [5, 5.41) is 10.9. The quantitative estimate of drug-likeness (QED) is 0.849. The van der Waals surface area contributed by atoms with Crippen molar-refractivity contribution in [3.63, 3.8) is 0 Å². The van der Waals surface area contributed by atoms with Crippen LogP contribution >= 0.6 is 11.3 Å². The maximum atomic E-state index is 12.5. The lowest BCUT2D eigenvalue weighted by molar-refractivity contribution is -0.123. The standard InChI is InChI=1S/C14H15NO4S/c1-6-3-8-9(4-6)13(17)15(12(8)16)10-7(2)5-20-11(10)14(18)19/h5-6,8-9H,3-4H2,1-2H3,(H,18,19). The molecule has 5 nitrogen and oxygen atoms in total. The molecule has 1 aromatic rings. The number of aromatic carboxylic acids is 1. The average Bonchev–Trinajstić information content (AvgIpc) is 2.98. The number of carbonyl (C=O) groups excluding carboxylic acids is 2. The molecular formula is C14H15NO4S. The maximum absolute atomic E-state index is 12.5. The number of imide groups is 1. The fourth-order valence-electron chi connectivity index (χ4n) is 3.37. The molecule has 2 amide bonds. The van der Waals surface area contributed by atoms with Gasteiger partial charge < -0.3 is 5.11 Å². The van der Waals surface area contributed by atoms with Crippen LogP contribution in [0.25, 0.3) is 0 Å². The molecule has 0 bridgehead atoms. The van der Waals surface area contributed by atoms with Gasteiger partial charge >= 0.3 is 5.97 Å². The van der Waals surface area contributed by atoms with E-state index in [0.29, 0.717) is 11.5 Å². The summed E-state index contributed by atoms with van der Waals surface area (Å²) in [6, 6.07) is 0. The van der Waals surface area contributed by atoms with E-state index in [9.17, 15) is 19.5 Å². The van der Waals surface area contributed by atoms with Gasteiger partial charge in [-0.2, -0.15) is 0 Å². The van der Waals surface area contributed by atoms with Crippen molar-refractivity contribution in [3.05, 3.63) is 15.8 Å². The Morgan fingerprint density at radius 2 is 1.85 bits per heavy atom. The number of aryl methyl sites for hydroxylation is 1. The van der Waals surface area contributed by atoms with Crippen LogP contribution in [0.4, 0.5) is 5.69 Å². The minimum absolute atomic E-state index is 0.0669. The number of thiophene rings is 1. The van der Waals surface area contributed by atoms with E-state index in [4.69, 9.17) is 0 Å². The molecule has 20 heavy (non-hydrogen) atoms. The summed E-state index contributed by atoms with van der Waals surface area (Å²) >= 11 is 1.06. The molecule has 2 unspecified atom stereocenters. The van der Waals surface area contributed by atoms with Gasteiger partial charge in [-0.15, -0.1) is 11.3 Å². The van der Waals surface area contributed by atoms with Gasteiger partial charge in [0.1, 0.15) is 4.88 Å². The molecule has 1 aliphatic carbocycles. The van der Waals surface area contributed by atoms with E-state index in [0.717, 1.165) is 29.1 Å². The molecule has 1 saturated heterocycles. The van der Waals surface area contributed by atoms with E-state index >= 15 is 0 Å². The molecule has 2 aliphatic rings. The molecule has 2 heterocycles. The fourth-order valence-corrected chi connectivity index (χ4v) is 4.24. The summed E-state index contributed by atoms with van der Waals surface area (Å²) < 4.78 is 0. The number of amides is 2. The van der Waals surface area contributed by atoms with E-state index in [2.05, 4.69) is 0 Å². The van der Waals surface area contributed by atoms with Crippen LogP contribution < -0.4 is 4.90 Å². The molecule has 0 radical (unpaired) electrons. The number of carbonyl (C=O) groups is 3. The van der Waals surface area contributed by atoms with Crippen LogP contribution in [0, 0.1) is 24.7 Å². The van der Waals surface area contributed by atoms with E-state index in [1.165, 1.54) is 0 Å². The molecule has 1 saturated carbocycles. The van der Waals surface area contributed by atoms with Gasteiger partial charge in [-0.25, -0.2) is 9.69 Å². The smallest absolute Gasteiger partial charge is 0.348 e. The predicted molar refractivity (Wildman–Crippen MR) is 73.9 cm³/mol. The van der Waals surface area contributed by atoms with Gasteiger partial charge in [-0.05, 0) is 36.6 Å². The first-order valence-corrected chi connectivity index (χ1v) is 7.49. The Balaban J connectivity index is 2.05. The average molecular weight is 293 g/mol. The number of hydrogen-bond acceptors (Lipinski definition) is 4. The molecule has 1 aliphatic heterocycles. The van der Waals surface area contributed by atoms with Crippen LogP contribution in [0.15, 0.2) is 5.38 Å². The van der Waals surface area contributed by atoms with E-state index in [1.807, 2.05) is 6.92 Å². The Labute approximate surface area is 120 Å². The third kappa shape index (κ3) is 1.71. The largest absolute Gasteiger partial charge is 0.477 e. The number of hydrogen-bond donors (Lipinski definition) is 1. The molecule has 3 rings (SSSR count). The van der Waals surface area contributed by atoms with Gasteiger partial charge in [-0.1, -0.05) is 6.92 Å². The molecule has 1 aromatic heterocycles. The zero-order valence-electron chi connectivity index (χ0n) is 11.3. The zero-order chi connectivity index (χ0) is 14.6. The summed E-state index contributed by atoms with van der Waals surface area (Å²) in [7, 11) is 0. The molecule has 6 heteroatoms. The molecule has 0 spiro atoms. The van der Waals surface area contributed by atoms with Gasteiger partial charge in [0.05, 0.1) is 17.5 Å². The van der Waals surface area contributed by atoms with Crippen molar-refractivity contribution >= 4 is 34.8 Å². The van der Waals surface area contributed by atoms with Crippen LogP contribution in [0.3, 0.4) is 0 Å². The topological polar surface area (TPSA) is 74.7 Å². The highest BCUT2D eigenvalue weighted by Crippen LogP contribution is 2.46. The highest BCUT2D eigenvalue weighted by molar-refractivity contribution is 7.12. The molecule has 2 fully saturated rings. The van der Waals surface area contributed by atoms with E-state index < -0.39 is 5.97 Å². The Hall–Kier alpha value is -1.69.